The van der Waals surface area contributed by atoms with Crippen LogP contribution in [0.4, 0.5) is 0 Å². The summed E-state index contributed by atoms with van der Waals surface area (Å²) in [7, 11) is 0. The van der Waals surface area contributed by atoms with Gasteiger partial charge in [-0.2, -0.15) is 0 Å². The van der Waals surface area contributed by atoms with Crippen LogP contribution in [0.5, 0.6) is 0 Å². The summed E-state index contributed by atoms with van der Waals surface area (Å²) in [6, 6.07) is 0. The number of carbonyl (C=O) groups excluding carboxylic acids is 3. The van der Waals surface area contributed by atoms with Gasteiger partial charge in [-0.15, -0.1) is 0 Å². The topological polar surface area (TPSA) is 78.9 Å². The van der Waals surface area contributed by atoms with Gasteiger partial charge in [0.15, 0.2) is 6.10 Å². The van der Waals surface area contributed by atoms with Crippen LogP contribution in [0.25, 0.3) is 0 Å². The molecule has 0 heterocycles. The van der Waals surface area contributed by atoms with E-state index in [1.807, 2.05) is 60.8 Å². The molecule has 0 amide bonds. The lowest BCUT2D eigenvalue weighted by Gasteiger charge is -2.18. The quantitative estimate of drug-likeness (QED) is 0.0227. The van der Waals surface area contributed by atoms with Gasteiger partial charge in [-0.1, -0.05) is 162 Å². The van der Waals surface area contributed by atoms with E-state index in [1.165, 1.54) is 0 Å². The maximum atomic E-state index is 12.6. The van der Waals surface area contributed by atoms with Gasteiger partial charge in [0.1, 0.15) is 13.2 Å². The molecule has 0 aromatic rings. The first-order valence-electron chi connectivity index (χ1n) is 19.6. The van der Waals surface area contributed by atoms with Crippen LogP contribution >= 0.6 is 0 Å². The maximum absolute atomic E-state index is 12.6. The van der Waals surface area contributed by atoms with Crippen LogP contribution in [-0.2, 0) is 28.6 Å². The standard InChI is InChI=1S/C46H68O6/c1-4-7-10-13-16-19-21-23-25-27-30-33-36-39-45(48)51-42-43(41-50-44(47)38-35-32-29-26-18-15-12-9-6-3)52-46(49)40-37-34-31-28-24-22-20-17-14-11-8-5-2/h7-13,16-21,23,25-27,30,32,35,43H,4-6,14-15,22,24,28-29,31,33-34,36-42H2,1-3H3/b10-7-,11-8-,12-9-,16-13-,20-17-,21-19-,25-23-,26-18-,30-27-,35-32-. The van der Waals surface area contributed by atoms with Gasteiger partial charge in [-0.25, -0.2) is 0 Å². The van der Waals surface area contributed by atoms with Crippen molar-refractivity contribution in [3.8, 4) is 0 Å². The molecular formula is C46H68O6. The Kier molecular flexibility index (Phi) is 36.4. The number of unbranched alkanes of at least 4 members (excludes halogenated alkanes) is 6. The summed E-state index contributed by atoms with van der Waals surface area (Å²) in [5.41, 5.74) is 0. The molecule has 1 atom stereocenters. The minimum atomic E-state index is -0.849. The number of ether oxygens (including phenoxy) is 3. The Bertz CT molecular complexity index is 1190. The molecule has 0 aliphatic heterocycles. The SMILES string of the molecule is CC\C=C/C=C\C=C/C=C\C=C/CCCC(=O)OCC(COC(=O)C/C=C\C/C=C\C/C=C\CC)OC(=O)CCCCCCC/C=C\C/C=C\CC. The second-order valence-corrected chi connectivity index (χ2v) is 12.2. The molecule has 0 N–H and O–H groups in total. The van der Waals surface area contributed by atoms with E-state index in [2.05, 4.69) is 75.5 Å². The first kappa shape index (κ1) is 47.8. The molecule has 52 heavy (non-hydrogen) atoms. The van der Waals surface area contributed by atoms with Crippen LogP contribution in [-0.4, -0.2) is 37.2 Å². The number of hydrogen-bond acceptors (Lipinski definition) is 6. The molecule has 0 saturated heterocycles. The fourth-order valence-corrected chi connectivity index (χ4v) is 4.51. The molecule has 0 spiro atoms. The van der Waals surface area contributed by atoms with E-state index in [9.17, 15) is 14.4 Å². The zero-order valence-electron chi connectivity index (χ0n) is 32.5. The van der Waals surface area contributed by atoms with E-state index in [1.54, 1.807) is 6.08 Å². The number of carbonyl (C=O) groups is 3. The van der Waals surface area contributed by atoms with Crippen molar-refractivity contribution in [2.75, 3.05) is 13.2 Å². The number of rotatable bonds is 32. The normalized spacial score (nSPS) is 13.4. The molecule has 288 valence electrons. The summed E-state index contributed by atoms with van der Waals surface area (Å²) < 4.78 is 16.4. The van der Waals surface area contributed by atoms with Crippen molar-refractivity contribution in [3.05, 3.63) is 122 Å². The van der Waals surface area contributed by atoms with E-state index in [4.69, 9.17) is 14.2 Å². The van der Waals surface area contributed by atoms with Gasteiger partial charge in [0.05, 0.1) is 6.42 Å². The predicted molar refractivity (Wildman–Crippen MR) is 219 cm³/mol. The summed E-state index contributed by atoms with van der Waals surface area (Å²) in [6.45, 7) is 6.03. The molecule has 0 aromatic heterocycles. The Hall–Kier alpha value is -4.19. The van der Waals surface area contributed by atoms with Crippen molar-refractivity contribution in [3.63, 3.8) is 0 Å². The van der Waals surface area contributed by atoms with Gasteiger partial charge in [0.25, 0.3) is 0 Å². The highest BCUT2D eigenvalue weighted by Crippen LogP contribution is 2.10. The van der Waals surface area contributed by atoms with Crippen molar-refractivity contribution in [1.29, 1.82) is 0 Å². The molecule has 0 saturated carbocycles. The average molecular weight is 717 g/mol. The zero-order chi connectivity index (χ0) is 38.0. The minimum Gasteiger partial charge on any atom is -0.462 e. The highest BCUT2D eigenvalue weighted by atomic mass is 16.6. The fraction of sp³-hybridized carbons (Fsp3) is 0.500. The molecule has 6 heteroatoms. The lowest BCUT2D eigenvalue weighted by molar-refractivity contribution is -0.166. The molecule has 0 aliphatic carbocycles. The Morgan fingerprint density at radius 1 is 0.423 bits per heavy atom. The van der Waals surface area contributed by atoms with Gasteiger partial charge < -0.3 is 14.2 Å². The molecule has 0 fully saturated rings. The van der Waals surface area contributed by atoms with Gasteiger partial charge >= 0.3 is 17.9 Å². The van der Waals surface area contributed by atoms with Crippen molar-refractivity contribution < 1.29 is 28.6 Å². The second-order valence-electron chi connectivity index (χ2n) is 12.2. The zero-order valence-corrected chi connectivity index (χ0v) is 32.5. The Labute approximate surface area is 316 Å². The molecular weight excluding hydrogens is 648 g/mol. The predicted octanol–water partition coefficient (Wildman–Crippen LogP) is 12.2. The largest absolute Gasteiger partial charge is 0.462 e. The number of hydrogen-bond donors (Lipinski definition) is 0. The molecule has 0 bridgehead atoms. The van der Waals surface area contributed by atoms with Gasteiger partial charge in [0, 0.05) is 12.8 Å². The lowest BCUT2D eigenvalue weighted by Crippen LogP contribution is -2.30. The van der Waals surface area contributed by atoms with Crippen molar-refractivity contribution >= 4 is 17.9 Å². The maximum Gasteiger partial charge on any atom is 0.309 e. The molecule has 0 radical (unpaired) electrons. The third kappa shape index (κ3) is 37.1. The van der Waals surface area contributed by atoms with Gasteiger partial charge in [0.2, 0.25) is 0 Å². The van der Waals surface area contributed by atoms with Gasteiger partial charge in [-0.3, -0.25) is 14.4 Å². The van der Waals surface area contributed by atoms with Crippen LogP contribution in [0.1, 0.15) is 130 Å². The van der Waals surface area contributed by atoms with Crippen molar-refractivity contribution in [1.82, 2.24) is 0 Å². The van der Waals surface area contributed by atoms with Gasteiger partial charge in [-0.05, 0) is 70.6 Å². The highest BCUT2D eigenvalue weighted by molar-refractivity contribution is 5.72. The highest BCUT2D eigenvalue weighted by Gasteiger charge is 2.19. The van der Waals surface area contributed by atoms with E-state index >= 15 is 0 Å². The molecule has 0 aromatic carbocycles. The van der Waals surface area contributed by atoms with E-state index in [0.29, 0.717) is 6.42 Å². The Morgan fingerprint density at radius 2 is 0.885 bits per heavy atom. The summed E-state index contributed by atoms with van der Waals surface area (Å²) >= 11 is 0. The fourth-order valence-electron chi connectivity index (χ4n) is 4.51. The first-order chi connectivity index (χ1) is 25.5. The third-order valence-corrected chi connectivity index (χ3v) is 7.35. The van der Waals surface area contributed by atoms with Crippen LogP contribution in [0, 0.1) is 0 Å². The van der Waals surface area contributed by atoms with Crippen LogP contribution in [0.2, 0.25) is 0 Å². The van der Waals surface area contributed by atoms with Crippen LogP contribution in [0.15, 0.2) is 122 Å². The summed E-state index contributed by atoms with van der Waals surface area (Å²) in [4.78, 5) is 37.4. The second kappa shape index (κ2) is 39.6. The van der Waals surface area contributed by atoms with E-state index in [0.717, 1.165) is 83.5 Å². The molecule has 6 nitrogen and oxygen atoms in total. The molecule has 0 rings (SSSR count). The summed E-state index contributed by atoms with van der Waals surface area (Å²) in [5.74, 6) is -1.18. The monoisotopic (exact) mass is 717 g/mol. The average Bonchev–Trinajstić information content (AvgIpc) is 3.14. The number of esters is 3. The first-order valence-corrected chi connectivity index (χ1v) is 19.6. The van der Waals surface area contributed by atoms with E-state index in [-0.39, 0.29) is 44.4 Å². The van der Waals surface area contributed by atoms with Crippen molar-refractivity contribution in [2.45, 2.75) is 136 Å². The van der Waals surface area contributed by atoms with Crippen molar-refractivity contribution in [2.24, 2.45) is 0 Å². The van der Waals surface area contributed by atoms with Crippen LogP contribution in [0.3, 0.4) is 0 Å². The third-order valence-electron chi connectivity index (χ3n) is 7.35. The molecule has 1 unspecified atom stereocenters. The summed E-state index contributed by atoms with van der Waals surface area (Å²) in [5, 5.41) is 0. The Morgan fingerprint density at radius 3 is 1.52 bits per heavy atom. The summed E-state index contributed by atoms with van der Waals surface area (Å²) in [6.07, 6.45) is 53.7. The minimum absolute atomic E-state index is 0.114. The van der Waals surface area contributed by atoms with E-state index < -0.39 is 12.1 Å². The lowest BCUT2D eigenvalue weighted by atomic mass is 10.1. The number of allylic oxidation sites excluding steroid dienone is 19. The Balaban J connectivity index is 4.65. The smallest absolute Gasteiger partial charge is 0.309 e. The molecule has 0 aliphatic rings. The van der Waals surface area contributed by atoms with Crippen LogP contribution < -0.4 is 0 Å².